The quantitative estimate of drug-likeness (QED) is 0.427. The van der Waals surface area contributed by atoms with Crippen LogP contribution in [-0.4, -0.2) is 59.3 Å². The van der Waals surface area contributed by atoms with Crippen LogP contribution in [0.4, 0.5) is 5.95 Å². The number of nitrogens with zero attached hydrogens (tertiary/aromatic N) is 4. The molecule has 10 nitrogen and oxygen atoms in total. The number of anilines is 1. The van der Waals surface area contributed by atoms with Gasteiger partial charge in [-0.2, -0.15) is 0 Å². The van der Waals surface area contributed by atoms with Crippen molar-refractivity contribution in [3.63, 3.8) is 0 Å². The molecule has 2 aromatic heterocycles. The van der Waals surface area contributed by atoms with Crippen LogP contribution in [0, 0.1) is 12.8 Å². The number of aliphatic hydroxyl groups is 1. The largest absolute Gasteiger partial charge is 0.494 e. The van der Waals surface area contributed by atoms with E-state index >= 15 is 0 Å². The highest BCUT2D eigenvalue weighted by Crippen LogP contribution is 2.38. The van der Waals surface area contributed by atoms with Crippen molar-refractivity contribution in [3.8, 4) is 28.0 Å². The second-order valence-corrected chi connectivity index (χ2v) is 11.0. The lowest BCUT2D eigenvalue weighted by atomic mass is 9.99. The second kappa shape index (κ2) is 10.3. The molecule has 0 radical (unpaired) electrons. The number of hydrogen-bond donors (Lipinski definition) is 2. The molecular weight excluding hydrogens is 478 g/mol. The summed E-state index contributed by atoms with van der Waals surface area (Å²) in [6.07, 6.45) is 3.55. The Morgan fingerprint density at radius 1 is 1.21 bits per heavy atom. The monoisotopic (exact) mass is 507 g/mol. The zero-order chi connectivity index (χ0) is 24.3. The Hall–Kier alpha value is -2.70. The molecule has 12 heteroatoms. The maximum Gasteiger partial charge on any atom is 0.243 e. The Labute approximate surface area is 203 Å². The molecule has 1 aromatic carbocycles. The van der Waals surface area contributed by atoms with E-state index in [0.717, 1.165) is 31.4 Å². The number of para-hydroxylation sites is 1. The molecule has 184 valence electrons. The Balaban J connectivity index is 1.70. The molecule has 1 aliphatic carbocycles. The van der Waals surface area contributed by atoms with Crippen molar-refractivity contribution in [3.05, 3.63) is 29.3 Å². The highest BCUT2D eigenvalue weighted by Gasteiger charge is 2.28. The zero-order valence-corrected chi connectivity index (χ0v) is 21.0. The Bertz CT molecular complexity index is 1210. The van der Waals surface area contributed by atoms with E-state index in [0.29, 0.717) is 28.0 Å². The van der Waals surface area contributed by atoms with Crippen LogP contribution in [0.2, 0.25) is 0 Å². The van der Waals surface area contributed by atoms with E-state index in [1.54, 1.807) is 22.8 Å². The number of thiazole rings is 1. The molecule has 2 N–H and O–H groups in total. The smallest absolute Gasteiger partial charge is 0.243 e. The van der Waals surface area contributed by atoms with E-state index in [1.165, 1.54) is 25.6 Å². The van der Waals surface area contributed by atoms with Crippen LogP contribution in [0.1, 0.15) is 37.8 Å². The summed E-state index contributed by atoms with van der Waals surface area (Å²) in [4.78, 5) is 4.49. The molecule has 0 aliphatic heterocycles. The van der Waals surface area contributed by atoms with Gasteiger partial charge in [0.05, 0.1) is 26.1 Å². The summed E-state index contributed by atoms with van der Waals surface area (Å²) in [5.74, 6) is 1.17. The average molecular weight is 508 g/mol. The van der Waals surface area contributed by atoms with Crippen LogP contribution in [0.3, 0.4) is 0 Å². The fraction of sp³-hybridized carbons (Fsp3) is 0.500. The van der Waals surface area contributed by atoms with Crippen LogP contribution in [0.25, 0.3) is 16.5 Å². The van der Waals surface area contributed by atoms with Gasteiger partial charge in [0.2, 0.25) is 16.0 Å². The number of aromatic nitrogens is 4. The lowest BCUT2D eigenvalue weighted by Gasteiger charge is -2.19. The molecule has 4 rings (SSSR count). The maximum atomic E-state index is 13.0. The third kappa shape index (κ3) is 5.18. The molecule has 0 bridgehead atoms. The summed E-state index contributed by atoms with van der Waals surface area (Å²) in [7, 11) is -0.789. The number of ether oxygens (including phenoxy) is 2. The predicted molar refractivity (Wildman–Crippen MR) is 130 cm³/mol. The Kier molecular flexibility index (Phi) is 7.39. The van der Waals surface area contributed by atoms with Gasteiger partial charge >= 0.3 is 0 Å². The van der Waals surface area contributed by atoms with Gasteiger partial charge in [0.1, 0.15) is 17.2 Å². The first-order chi connectivity index (χ1) is 16.3. The van der Waals surface area contributed by atoms with E-state index in [4.69, 9.17) is 9.47 Å². The summed E-state index contributed by atoms with van der Waals surface area (Å²) >= 11 is 1.37. The lowest BCUT2D eigenvalue weighted by Crippen LogP contribution is -2.25. The van der Waals surface area contributed by atoms with E-state index in [2.05, 4.69) is 19.9 Å². The summed E-state index contributed by atoms with van der Waals surface area (Å²) in [5, 5.41) is 21.3. The van der Waals surface area contributed by atoms with E-state index < -0.39 is 16.1 Å². The molecule has 1 atom stereocenters. The van der Waals surface area contributed by atoms with Crippen LogP contribution in [0.15, 0.2) is 23.6 Å². The molecule has 3 aromatic rings. The molecule has 34 heavy (non-hydrogen) atoms. The van der Waals surface area contributed by atoms with Crippen molar-refractivity contribution in [2.24, 2.45) is 5.92 Å². The van der Waals surface area contributed by atoms with Gasteiger partial charge in [0.15, 0.2) is 10.8 Å². The molecule has 0 saturated heterocycles. The highest BCUT2D eigenvalue weighted by atomic mass is 32.2. The molecule has 1 fully saturated rings. The van der Waals surface area contributed by atoms with Gasteiger partial charge in [-0.15, -0.1) is 21.5 Å². The fourth-order valence-electron chi connectivity index (χ4n) is 4.25. The topological polar surface area (TPSA) is 128 Å². The zero-order valence-electron chi connectivity index (χ0n) is 19.4. The predicted octanol–water partition coefficient (Wildman–Crippen LogP) is 3.40. The molecular formula is C22H29N5O5S2. The first-order valence-corrected chi connectivity index (χ1v) is 13.6. The van der Waals surface area contributed by atoms with Crippen molar-refractivity contribution >= 4 is 27.3 Å². The van der Waals surface area contributed by atoms with Crippen LogP contribution in [0.5, 0.6) is 11.5 Å². The number of rotatable bonds is 10. The second-order valence-electron chi connectivity index (χ2n) is 8.31. The third-order valence-electron chi connectivity index (χ3n) is 5.97. The summed E-state index contributed by atoms with van der Waals surface area (Å²) < 4.78 is 41.1. The standard InChI is InChI=1S/C22H29N5O5S2/c1-14-13-33-21(23-14)20-24-25-22(27(20)19-17(31-2)9-6-10-18(19)32-3)26-34(29,30)12-11-16(28)15-7-4-5-8-15/h6,9-10,13,15-16,28H,4-5,7-8,11-12H2,1-3H3,(H,25,26). The number of sulfonamides is 1. The normalized spacial score (nSPS) is 15.4. The van der Waals surface area contributed by atoms with Gasteiger partial charge in [-0.1, -0.05) is 18.9 Å². The Morgan fingerprint density at radius 2 is 1.88 bits per heavy atom. The van der Waals surface area contributed by atoms with Crippen molar-refractivity contribution in [1.82, 2.24) is 19.7 Å². The van der Waals surface area contributed by atoms with Crippen molar-refractivity contribution in [2.45, 2.75) is 45.1 Å². The minimum atomic E-state index is -3.82. The van der Waals surface area contributed by atoms with E-state index in [1.807, 2.05) is 12.3 Å². The van der Waals surface area contributed by atoms with E-state index in [9.17, 15) is 13.5 Å². The van der Waals surface area contributed by atoms with Gasteiger partial charge in [-0.3, -0.25) is 9.29 Å². The van der Waals surface area contributed by atoms with Crippen LogP contribution in [-0.2, 0) is 10.0 Å². The number of aryl methyl sites for hydroxylation is 1. The molecule has 1 unspecified atom stereocenters. The number of hydrogen-bond acceptors (Lipinski definition) is 9. The number of aliphatic hydroxyl groups excluding tert-OH is 1. The van der Waals surface area contributed by atoms with Gasteiger partial charge < -0.3 is 14.6 Å². The maximum absolute atomic E-state index is 13.0. The van der Waals surface area contributed by atoms with Crippen molar-refractivity contribution in [1.29, 1.82) is 0 Å². The lowest BCUT2D eigenvalue weighted by molar-refractivity contribution is 0.107. The molecule has 0 amide bonds. The highest BCUT2D eigenvalue weighted by molar-refractivity contribution is 7.92. The minimum absolute atomic E-state index is 0.0130. The molecule has 1 aliphatic rings. The first-order valence-electron chi connectivity index (χ1n) is 11.1. The molecule has 0 spiro atoms. The summed E-state index contributed by atoms with van der Waals surface area (Å²) in [5.41, 5.74) is 1.26. The third-order valence-corrected chi connectivity index (χ3v) is 8.19. The number of benzene rings is 1. The first kappa shape index (κ1) is 24.4. The van der Waals surface area contributed by atoms with Crippen molar-refractivity contribution < 1.29 is 23.0 Å². The fourth-order valence-corrected chi connectivity index (χ4v) is 6.09. The van der Waals surface area contributed by atoms with Gasteiger partial charge in [0, 0.05) is 11.1 Å². The van der Waals surface area contributed by atoms with Gasteiger partial charge in [-0.05, 0) is 44.2 Å². The van der Waals surface area contributed by atoms with Crippen LogP contribution < -0.4 is 14.2 Å². The number of methoxy groups -OCH3 is 2. The SMILES string of the molecule is COc1cccc(OC)c1-n1c(NS(=O)(=O)CCC(O)C2CCCC2)nnc1-c1nc(C)cs1. The van der Waals surface area contributed by atoms with Crippen LogP contribution >= 0.6 is 11.3 Å². The Morgan fingerprint density at radius 3 is 2.47 bits per heavy atom. The minimum Gasteiger partial charge on any atom is -0.494 e. The van der Waals surface area contributed by atoms with Gasteiger partial charge in [-0.25, -0.2) is 13.4 Å². The molecule has 2 heterocycles. The number of nitrogens with one attached hydrogen (secondary N) is 1. The van der Waals surface area contributed by atoms with Crippen molar-refractivity contribution in [2.75, 3.05) is 24.7 Å². The van der Waals surface area contributed by atoms with Gasteiger partial charge in [0.25, 0.3) is 0 Å². The average Bonchev–Trinajstić information content (AvgIpc) is 3.58. The summed E-state index contributed by atoms with van der Waals surface area (Å²) in [6, 6.07) is 5.25. The summed E-state index contributed by atoms with van der Waals surface area (Å²) in [6.45, 7) is 1.86. The van der Waals surface area contributed by atoms with E-state index in [-0.39, 0.29) is 24.0 Å². The molecule has 1 saturated carbocycles.